The molecule has 0 amide bonds. The first kappa shape index (κ1) is 14.8. The van der Waals surface area contributed by atoms with E-state index in [0.29, 0.717) is 25.1 Å². The van der Waals surface area contributed by atoms with Gasteiger partial charge in [0.05, 0.1) is 10.8 Å². The van der Waals surface area contributed by atoms with Gasteiger partial charge in [0.1, 0.15) is 0 Å². The predicted octanol–water partition coefficient (Wildman–Crippen LogP) is 1.14. The fourth-order valence-corrected chi connectivity index (χ4v) is 4.35. The zero-order valence-corrected chi connectivity index (χ0v) is 12.0. The average Bonchev–Trinajstić information content (AvgIpc) is 2.38. The summed E-state index contributed by atoms with van der Waals surface area (Å²) in [4.78, 5) is 11.3. The summed E-state index contributed by atoms with van der Waals surface area (Å²) >= 11 is 0. The van der Waals surface area contributed by atoms with E-state index in [0.717, 1.165) is 0 Å². The Morgan fingerprint density at radius 1 is 1.45 bits per heavy atom. The van der Waals surface area contributed by atoms with Crippen LogP contribution >= 0.6 is 0 Å². The molecule has 20 heavy (non-hydrogen) atoms. The van der Waals surface area contributed by atoms with Crippen molar-refractivity contribution in [2.24, 2.45) is 5.92 Å². The molecular formula is C13H18N2O4S. The molecule has 3 N–H and O–H groups in total. The first-order valence-corrected chi connectivity index (χ1v) is 7.88. The molecule has 1 fully saturated rings. The van der Waals surface area contributed by atoms with Crippen LogP contribution in [0.2, 0.25) is 0 Å². The number of aliphatic carboxylic acids is 1. The highest BCUT2D eigenvalue weighted by molar-refractivity contribution is 7.89. The molecule has 0 aliphatic carbocycles. The zero-order chi connectivity index (χ0) is 14.9. The lowest BCUT2D eigenvalue weighted by Crippen LogP contribution is -2.48. The molecule has 2 rings (SSSR count). The van der Waals surface area contributed by atoms with Gasteiger partial charge >= 0.3 is 5.97 Å². The molecule has 1 saturated heterocycles. The second kappa shape index (κ2) is 5.41. The van der Waals surface area contributed by atoms with Crippen molar-refractivity contribution < 1.29 is 18.3 Å². The van der Waals surface area contributed by atoms with Crippen LogP contribution in [0, 0.1) is 5.92 Å². The summed E-state index contributed by atoms with van der Waals surface area (Å²) in [5.41, 5.74) is 5.98. The van der Waals surface area contributed by atoms with Gasteiger partial charge in [-0.05, 0) is 38.0 Å². The highest BCUT2D eigenvalue weighted by atomic mass is 32.2. The molecule has 1 heterocycles. The molecule has 0 spiro atoms. The van der Waals surface area contributed by atoms with Crippen LogP contribution < -0.4 is 5.73 Å². The Balaban J connectivity index is 2.36. The van der Waals surface area contributed by atoms with Gasteiger partial charge in [-0.3, -0.25) is 4.79 Å². The highest BCUT2D eigenvalue weighted by Crippen LogP contribution is 2.29. The van der Waals surface area contributed by atoms with Crippen LogP contribution in [0.4, 0.5) is 5.69 Å². The molecule has 110 valence electrons. The number of sulfonamides is 1. The molecule has 2 atom stereocenters. The fourth-order valence-electron chi connectivity index (χ4n) is 2.59. The van der Waals surface area contributed by atoms with Crippen molar-refractivity contribution in [2.75, 3.05) is 12.3 Å². The van der Waals surface area contributed by atoms with Crippen molar-refractivity contribution in [3.05, 3.63) is 24.3 Å². The Hall–Kier alpha value is -1.60. The summed E-state index contributed by atoms with van der Waals surface area (Å²) in [5.74, 6) is -1.62. The zero-order valence-electron chi connectivity index (χ0n) is 11.2. The van der Waals surface area contributed by atoms with Gasteiger partial charge < -0.3 is 10.8 Å². The SMILES string of the molecule is C[C@@H]1[C@H](C(=O)O)CCCN1S(=O)(=O)c1cccc(N)c1. The van der Waals surface area contributed by atoms with Crippen molar-refractivity contribution in [3.8, 4) is 0 Å². The first-order chi connectivity index (χ1) is 9.34. The summed E-state index contributed by atoms with van der Waals surface area (Å²) in [6.07, 6.45) is 1.04. The number of carboxylic acids is 1. The molecular weight excluding hydrogens is 280 g/mol. The third-order valence-corrected chi connectivity index (χ3v) is 5.69. The minimum Gasteiger partial charge on any atom is -0.481 e. The van der Waals surface area contributed by atoms with E-state index in [-0.39, 0.29) is 4.90 Å². The average molecular weight is 298 g/mol. The van der Waals surface area contributed by atoms with Gasteiger partial charge in [-0.2, -0.15) is 4.31 Å². The number of carbonyl (C=O) groups is 1. The van der Waals surface area contributed by atoms with Crippen LogP contribution in [0.5, 0.6) is 0 Å². The number of piperidine rings is 1. The minimum absolute atomic E-state index is 0.107. The van der Waals surface area contributed by atoms with Crippen LogP contribution in [-0.2, 0) is 14.8 Å². The van der Waals surface area contributed by atoms with Crippen LogP contribution in [0.3, 0.4) is 0 Å². The van der Waals surface area contributed by atoms with Crippen molar-refractivity contribution in [1.82, 2.24) is 4.31 Å². The third kappa shape index (κ3) is 2.64. The number of nitrogen functional groups attached to an aromatic ring is 1. The smallest absolute Gasteiger partial charge is 0.308 e. The molecule has 1 aromatic carbocycles. The highest BCUT2D eigenvalue weighted by Gasteiger charge is 2.39. The number of nitrogens with zero attached hydrogens (tertiary/aromatic N) is 1. The molecule has 7 heteroatoms. The second-order valence-corrected chi connectivity index (χ2v) is 6.91. The number of carboxylic acid groups (broad SMARTS) is 1. The van der Waals surface area contributed by atoms with E-state index in [9.17, 15) is 13.2 Å². The molecule has 0 unspecified atom stereocenters. The van der Waals surface area contributed by atoms with Gasteiger partial charge in [0, 0.05) is 18.3 Å². The maximum Gasteiger partial charge on any atom is 0.308 e. The van der Waals surface area contributed by atoms with E-state index in [4.69, 9.17) is 10.8 Å². The lowest BCUT2D eigenvalue weighted by molar-refractivity contribution is -0.144. The number of nitrogens with two attached hydrogens (primary N) is 1. The van der Waals surface area contributed by atoms with Crippen LogP contribution in [0.15, 0.2) is 29.2 Å². The van der Waals surface area contributed by atoms with Crippen molar-refractivity contribution >= 4 is 21.7 Å². The summed E-state index contributed by atoms with van der Waals surface area (Å²) in [6.45, 7) is 1.98. The van der Waals surface area contributed by atoms with E-state index in [1.165, 1.54) is 16.4 Å². The normalized spacial score (nSPS) is 24.4. The van der Waals surface area contributed by atoms with Gasteiger partial charge in [0.25, 0.3) is 0 Å². The molecule has 0 saturated carbocycles. The number of anilines is 1. The Morgan fingerprint density at radius 3 is 2.75 bits per heavy atom. The maximum absolute atomic E-state index is 12.6. The summed E-state index contributed by atoms with van der Waals surface area (Å²) in [6, 6.07) is 5.49. The Morgan fingerprint density at radius 2 is 2.15 bits per heavy atom. The second-order valence-electron chi connectivity index (χ2n) is 5.02. The lowest BCUT2D eigenvalue weighted by Gasteiger charge is -2.36. The first-order valence-electron chi connectivity index (χ1n) is 6.44. The Kier molecular flexibility index (Phi) is 4.01. The topological polar surface area (TPSA) is 101 Å². The standard InChI is InChI=1S/C13H18N2O4S/c1-9-12(13(16)17)6-3-7-15(9)20(18,19)11-5-2-4-10(14)8-11/h2,4-5,8-9,12H,3,6-7,14H2,1H3,(H,16,17)/t9-,12-/m1/s1. The van der Waals surface area contributed by atoms with E-state index >= 15 is 0 Å². The molecule has 1 aliphatic heterocycles. The summed E-state index contributed by atoms with van der Waals surface area (Å²) in [5, 5.41) is 9.17. The third-order valence-electron chi connectivity index (χ3n) is 3.71. The van der Waals surface area contributed by atoms with Gasteiger partial charge in [0.2, 0.25) is 10.0 Å². The molecule has 1 aromatic rings. The Labute approximate surface area is 118 Å². The largest absolute Gasteiger partial charge is 0.481 e. The number of rotatable bonds is 3. The maximum atomic E-state index is 12.6. The van der Waals surface area contributed by atoms with E-state index in [1.807, 2.05) is 0 Å². The van der Waals surface area contributed by atoms with Gasteiger partial charge in [0.15, 0.2) is 0 Å². The number of hydrogen-bond donors (Lipinski definition) is 2. The number of benzene rings is 1. The molecule has 0 radical (unpaired) electrons. The van der Waals surface area contributed by atoms with E-state index in [1.54, 1.807) is 19.1 Å². The quantitative estimate of drug-likeness (QED) is 0.815. The van der Waals surface area contributed by atoms with Crippen LogP contribution in [-0.4, -0.2) is 36.4 Å². The summed E-state index contributed by atoms with van der Waals surface area (Å²) < 4.78 is 26.5. The number of hydrogen-bond acceptors (Lipinski definition) is 4. The van der Waals surface area contributed by atoms with Crippen molar-refractivity contribution in [2.45, 2.75) is 30.7 Å². The molecule has 1 aliphatic rings. The lowest BCUT2D eigenvalue weighted by atomic mass is 9.92. The van der Waals surface area contributed by atoms with Gasteiger partial charge in [-0.25, -0.2) is 8.42 Å². The van der Waals surface area contributed by atoms with Gasteiger partial charge in [-0.15, -0.1) is 0 Å². The predicted molar refractivity (Wildman–Crippen MR) is 74.6 cm³/mol. The van der Waals surface area contributed by atoms with Gasteiger partial charge in [-0.1, -0.05) is 6.07 Å². The minimum atomic E-state index is -3.71. The van der Waals surface area contributed by atoms with Crippen molar-refractivity contribution in [3.63, 3.8) is 0 Å². The summed E-state index contributed by atoms with van der Waals surface area (Å²) in [7, 11) is -3.71. The fraction of sp³-hybridized carbons (Fsp3) is 0.462. The van der Waals surface area contributed by atoms with E-state index < -0.39 is 28.0 Å². The van der Waals surface area contributed by atoms with E-state index in [2.05, 4.69) is 0 Å². The van der Waals surface area contributed by atoms with Crippen molar-refractivity contribution in [1.29, 1.82) is 0 Å². The van der Waals surface area contributed by atoms with Crippen LogP contribution in [0.25, 0.3) is 0 Å². The molecule has 0 aromatic heterocycles. The Bertz CT molecular complexity index is 615. The van der Waals surface area contributed by atoms with Crippen LogP contribution in [0.1, 0.15) is 19.8 Å². The molecule has 6 nitrogen and oxygen atoms in total. The monoisotopic (exact) mass is 298 g/mol. The molecule has 0 bridgehead atoms.